The molecule has 0 bridgehead atoms. The third-order valence-corrected chi connectivity index (χ3v) is 9.56. The first-order valence-electron chi connectivity index (χ1n) is 10.1. The van der Waals surface area contributed by atoms with E-state index in [4.69, 9.17) is 21.4 Å². The van der Waals surface area contributed by atoms with Crippen molar-refractivity contribution in [2.45, 2.75) is 26.8 Å². The number of hydrogen-bond acceptors (Lipinski definition) is 7. The third-order valence-electron chi connectivity index (χ3n) is 4.14. The zero-order chi connectivity index (χ0) is 23.3. The number of amides is 1. The van der Waals surface area contributed by atoms with Crippen LogP contribution < -0.4 is 10.1 Å². The number of hydrogen-bond donors (Lipinski definition) is 1. The van der Waals surface area contributed by atoms with Crippen LogP contribution in [0.25, 0.3) is 11.1 Å². The molecule has 0 fully saturated rings. The number of carbonyl (C=O) groups is 1. The fraction of sp³-hybridized carbons (Fsp3) is 0.364. The van der Waals surface area contributed by atoms with Gasteiger partial charge in [-0.2, -0.15) is 0 Å². The van der Waals surface area contributed by atoms with E-state index in [1.807, 2.05) is 36.6 Å². The SMILES string of the molecule is CSC(C)=NOC(=O)NCSN(C(C)C)[P+](=S)CCOc1ccc(-c2ccccc2)cc1. The first-order chi connectivity index (χ1) is 15.4. The number of carbonyl (C=O) groups excluding carboxylic acids is 1. The molecule has 1 atom stereocenters. The minimum absolute atomic E-state index is 0.239. The van der Waals surface area contributed by atoms with Crippen LogP contribution in [0.3, 0.4) is 0 Å². The summed E-state index contributed by atoms with van der Waals surface area (Å²) in [7, 11) is 0. The summed E-state index contributed by atoms with van der Waals surface area (Å²) < 4.78 is 8.05. The van der Waals surface area contributed by atoms with E-state index in [1.54, 1.807) is 6.92 Å². The van der Waals surface area contributed by atoms with Gasteiger partial charge in [-0.3, -0.25) is 4.84 Å². The number of benzene rings is 2. The Morgan fingerprint density at radius 2 is 1.81 bits per heavy atom. The third kappa shape index (κ3) is 9.46. The molecule has 0 saturated carbocycles. The molecule has 6 nitrogen and oxygen atoms in total. The number of nitrogens with one attached hydrogen (secondary N) is 1. The van der Waals surface area contributed by atoms with Crippen LogP contribution in [0.15, 0.2) is 59.8 Å². The van der Waals surface area contributed by atoms with E-state index in [9.17, 15) is 4.79 Å². The van der Waals surface area contributed by atoms with Gasteiger partial charge < -0.3 is 10.1 Å². The average Bonchev–Trinajstić information content (AvgIpc) is 2.80. The lowest BCUT2D eigenvalue weighted by Crippen LogP contribution is -2.27. The fourth-order valence-corrected chi connectivity index (χ4v) is 6.35. The smallest absolute Gasteiger partial charge is 0.434 e. The van der Waals surface area contributed by atoms with Crippen LogP contribution in [0.5, 0.6) is 5.75 Å². The van der Waals surface area contributed by atoms with Gasteiger partial charge in [-0.1, -0.05) is 51.7 Å². The van der Waals surface area contributed by atoms with Crippen LogP contribution in [0.4, 0.5) is 4.79 Å². The van der Waals surface area contributed by atoms with Crippen LogP contribution in [-0.4, -0.2) is 46.2 Å². The molecular weight excluding hydrogens is 481 g/mol. The highest BCUT2D eigenvalue weighted by Gasteiger charge is 2.27. The molecule has 0 radical (unpaired) electrons. The Morgan fingerprint density at radius 1 is 1.16 bits per heavy atom. The molecule has 0 heterocycles. The molecule has 0 saturated heterocycles. The number of ether oxygens (including phenoxy) is 1. The van der Waals surface area contributed by atoms with Crippen molar-refractivity contribution >= 4 is 53.5 Å². The highest BCUT2D eigenvalue weighted by Crippen LogP contribution is 2.36. The minimum Gasteiger partial charge on any atom is -0.489 e. The van der Waals surface area contributed by atoms with Gasteiger partial charge in [0.25, 0.3) is 6.85 Å². The Balaban J connectivity index is 1.76. The highest BCUT2D eigenvalue weighted by molar-refractivity contribution is 8.13. The molecule has 0 aliphatic rings. The van der Waals surface area contributed by atoms with Crippen molar-refractivity contribution in [2.24, 2.45) is 5.16 Å². The maximum atomic E-state index is 11.7. The molecule has 1 unspecified atom stereocenters. The maximum Gasteiger partial charge on any atom is 0.434 e. The normalized spacial score (nSPS) is 12.1. The van der Waals surface area contributed by atoms with E-state index >= 15 is 0 Å². The van der Waals surface area contributed by atoms with Crippen LogP contribution in [0.1, 0.15) is 20.8 Å². The molecule has 1 N–H and O–H groups in total. The van der Waals surface area contributed by atoms with Gasteiger partial charge in [0.1, 0.15) is 17.4 Å². The molecule has 10 heteroatoms. The van der Waals surface area contributed by atoms with Crippen LogP contribution in [-0.2, 0) is 16.6 Å². The van der Waals surface area contributed by atoms with Crippen molar-refractivity contribution in [3.05, 3.63) is 54.6 Å². The van der Waals surface area contributed by atoms with Gasteiger partial charge in [-0.15, -0.1) is 11.8 Å². The lowest BCUT2D eigenvalue weighted by atomic mass is 10.1. The monoisotopic (exact) mass is 510 g/mol. The molecule has 2 aromatic carbocycles. The van der Waals surface area contributed by atoms with Gasteiger partial charge in [0.2, 0.25) is 0 Å². The van der Waals surface area contributed by atoms with Gasteiger partial charge in [-0.05, 0) is 62.2 Å². The Morgan fingerprint density at radius 3 is 2.44 bits per heavy atom. The molecule has 0 aromatic heterocycles. The summed E-state index contributed by atoms with van der Waals surface area (Å²) in [5.41, 5.74) is 2.34. The van der Waals surface area contributed by atoms with Gasteiger partial charge in [-0.25, -0.2) is 4.79 Å². The molecule has 0 aliphatic carbocycles. The van der Waals surface area contributed by atoms with Gasteiger partial charge in [0.15, 0.2) is 18.0 Å². The number of rotatable bonds is 11. The molecule has 0 aliphatic heterocycles. The molecule has 172 valence electrons. The summed E-state index contributed by atoms with van der Waals surface area (Å²) in [6.07, 6.45) is 2.04. The zero-order valence-electron chi connectivity index (χ0n) is 18.7. The highest BCUT2D eigenvalue weighted by atomic mass is 32.4. The van der Waals surface area contributed by atoms with Crippen LogP contribution in [0, 0.1) is 0 Å². The van der Waals surface area contributed by atoms with Gasteiger partial charge in [0.05, 0.1) is 11.9 Å². The first kappa shape index (κ1) is 26.6. The predicted molar refractivity (Wildman–Crippen MR) is 142 cm³/mol. The summed E-state index contributed by atoms with van der Waals surface area (Å²) in [4.78, 5) is 16.5. The second-order valence-electron chi connectivity index (χ2n) is 6.85. The van der Waals surface area contributed by atoms with Crippen molar-refractivity contribution in [2.75, 3.05) is 24.9 Å². The van der Waals surface area contributed by atoms with E-state index < -0.39 is 12.9 Å². The van der Waals surface area contributed by atoms with E-state index in [0.717, 1.165) is 17.5 Å². The summed E-state index contributed by atoms with van der Waals surface area (Å²) in [6, 6.07) is 18.6. The topological polar surface area (TPSA) is 63.2 Å². The number of oxime groups is 1. The number of thioether (sulfide) groups is 1. The minimum atomic E-state index is -0.842. The molecule has 1 amide bonds. The van der Waals surface area contributed by atoms with Crippen molar-refractivity contribution in [3.8, 4) is 16.9 Å². The lowest BCUT2D eigenvalue weighted by molar-refractivity contribution is 0.153. The summed E-state index contributed by atoms with van der Waals surface area (Å²) in [5, 5.41) is 7.07. The van der Waals surface area contributed by atoms with Crippen LogP contribution in [0.2, 0.25) is 0 Å². The van der Waals surface area contributed by atoms with Crippen molar-refractivity contribution in [3.63, 3.8) is 0 Å². The Kier molecular flexibility index (Phi) is 12.1. The second kappa shape index (κ2) is 14.5. The lowest BCUT2D eigenvalue weighted by Gasteiger charge is -2.16. The molecule has 32 heavy (non-hydrogen) atoms. The Bertz CT molecular complexity index is 896. The summed E-state index contributed by atoms with van der Waals surface area (Å²) >= 11 is 8.64. The predicted octanol–water partition coefficient (Wildman–Crippen LogP) is 6.33. The van der Waals surface area contributed by atoms with Crippen molar-refractivity contribution in [1.82, 2.24) is 9.39 Å². The van der Waals surface area contributed by atoms with E-state index in [-0.39, 0.29) is 6.04 Å². The maximum absolute atomic E-state index is 11.7. The first-order valence-corrected chi connectivity index (χ1v) is 14.7. The van der Waals surface area contributed by atoms with Crippen LogP contribution >= 0.6 is 30.6 Å². The number of nitrogens with zero attached hydrogens (tertiary/aromatic N) is 2. The standard InChI is InChI=1S/C22H28N3O3PS3/c1-17(2)25(32-16-23-22(26)28-24-18(3)31-4)29(30)15-14-27-21-12-10-20(11-13-21)19-8-6-5-7-9-19/h5-13,17H,14-16H2,1-4H3/p+1. The quantitative estimate of drug-likeness (QED) is 0.0721. The van der Waals surface area contributed by atoms with Gasteiger partial charge in [0, 0.05) is 0 Å². The molecule has 0 spiro atoms. The Labute approximate surface area is 205 Å². The largest absolute Gasteiger partial charge is 0.489 e. The summed E-state index contributed by atoms with van der Waals surface area (Å²) in [5.74, 6) is 1.19. The molecular formula is C22H29N3O3PS3+. The molecule has 2 rings (SSSR count). The van der Waals surface area contributed by atoms with Crippen molar-refractivity contribution in [1.29, 1.82) is 0 Å². The average molecular weight is 511 g/mol. The fourth-order valence-electron chi connectivity index (χ4n) is 2.52. The summed E-state index contributed by atoms with van der Waals surface area (Å²) in [6.45, 7) is 5.65. The van der Waals surface area contributed by atoms with Crippen molar-refractivity contribution < 1.29 is 14.4 Å². The van der Waals surface area contributed by atoms with E-state index in [1.165, 1.54) is 29.3 Å². The van der Waals surface area contributed by atoms with Gasteiger partial charge >= 0.3 is 6.09 Å². The Hall–Kier alpha value is -1.64. The zero-order valence-corrected chi connectivity index (χ0v) is 22.0. The van der Waals surface area contributed by atoms with E-state index in [2.05, 4.69) is 52.7 Å². The second-order valence-corrected chi connectivity index (χ2v) is 11.9. The van der Waals surface area contributed by atoms with E-state index in [0.29, 0.717) is 17.5 Å². The molecule has 2 aromatic rings.